The van der Waals surface area contributed by atoms with Gasteiger partial charge in [-0.15, -0.1) is 0 Å². The molecular weight excluding hydrogens is 260 g/mol. The number of amides is 1. The molecule has 1 saturated carbocycles. The normalized spacial score (nSPS) is 18.1. The van der Waals surface area contributed by atoms with Gasteiger partial charge in [-0.1, -0.05) is 36.9 Å². The fourth-order valence-corrected chi connectivity index (χ4v) is 2.91. The van der Waals surface area contributed by atoms with Crippen LogP contribution in [0.1, 0.15) is 37.7 Å². The first-order valence-electron chi connectivity index (χ1n) is 6.85. The SMILES string of the molecule is Cc1ccc(Cl)c(NC(=O)C2(CN)CCCCC2)c1. The first-order chi connectivity index (χ1) is 9.07. The molecule has 1 fully saturated rings. The van der Waals surface area contributed by atoms with E-state index in [1.165, 1.54) is 6.42 Å². The average molecular weight is 281 g/mol. The Balaban J connectivity index is 2.17. The second-order valence-corrected chi connectivity index (χ2v) is 5.89. The summed E-state index contributed by atoms with van der Waals surface area (Å²) in [6.07, 6.45) is 5.09. The Kier molecular flexibility index (Phi) is 4.48. The smallest absolute Gasteiger partial charge is 0.231 e. The van der Waals surface area contributed by atoms with Gasteiger partial charge in [0.05, 0.1) is 16.1 Å². The molecule has 1 aromatic carbocycles. The second-order valence-electron chi connectivity index (χ2n) is 5.48. The highest BCUT2D eigenvalue weighted by Gasteiger charge is 2.38. The zero-order valence-electron chi connectivity index (χ0n) is 11.3. The maximum absolute atomic E-state index is 12.5. The standard InChI is InChI=1S/C15H21ClN2O/c1-11-5-6-12(16)13(9-11)18-14(19)15(10-17)7-3-2-4-8-15/h5-6,9H,2-4,7-8,10,17H2,1H3,(H,18,19). The Morgan fingerprint density at radius 3 is 2.68 bits per heavy atom. The van der Waals surface area contributed by atoms with Crippen molar-refractivity contribution in [2.45, 2.75) is 39.0 Å². The van der Waals surface area contributed by atoms with Gasteiger partial charge in [-0.25, -0.2) is 0 Å². The average Bonchev–Trinajstić information content (AvgIpc) is 2.43. The van der Waals surface area contributed by atoms with Gasteiger partial charge in [-0.3, -0.25) is 4.79 Å². The number of rotatable bonds is 3. The Morgan fingerprint density at radius 1 is 1.37 bits per heavy atom. The van der Waals surface area contributed by atoms with Crippen LogP contribution in [-0.2, 0) is 4.79 Å². The van der Waals surface area contributed by atoms with Crippen LogP contribution >= 0.6 is 11.6 Å². The highest BCUT2D eigenvalue weighted by atomic mass is 35.5. The summed E-state index contributed by atoms with van der Waals surface area (Å²) in [5.74, 6) is 0.0159. The van der Waals surface area contributed by atoms with Crippen LogP contribution in [0, 0.1) is 12.3 Å². The first kappa shape index (κ1) is 14.4. The van der Waals surface area contributed by atoms with E-state index < -0.39 is 5.41 Å². The molecule has 1 aliphatic carbocycles. The van der Waals surface area contributed by atoms with Crippen LogP contribution in [0.4, 0.5) is 5.69 Å². The van der Waals surface area contributed by atoms with Crippen molar-refractivity contribution >= 4 is 23.2 Å². The van der Waals surface area contributed by atoms with Gasteiger partial charge in [0.25, 0.3) is 0 Å². The minimum atomic E-state index is -0.411. The van der Waals surface area contributed by atoms with Crippen molar-refractivity contribution in [3.8, 4) is 0 Å². The van der Waals surface area contributed by atoms with E-state index in [4.69, 9.17) is 17.3 Å². The van der Waals surface area contributed by atoms with E-state index in [9.17, 15) is 4.79 Å². The Morgan fingerprint density at radius 2 is 2.05 bits per heavy atom. The van der Waals surface area contributed by atoms with Crippen molar-refractivity contribution in [1.29, 1.82) is 0 Å². The summed E-state index contributed by atoms with van der Waals surface area (Å²) in [6.45, 7) is 2.38. The van der Waals surface area contributed by atoms with Crippen LogP contribution < -0.4 is 11.1 Å². The van der Waals surface area contributed by atoms with Crippen molar-refractivity contribution < 1.29 is 4.79 Å². The maximum atomic E-state index is 12.5. The Bertz CT molecular complexity index is 467. The van der Waals surface area contributed by atoms with Crippen LogP contribution in [0.3, 0.4) is 0 Å². The highest BCUT2D eigenvalue weighted by Crippen LogP contribution is 2.37. The van der Waals surface area contributed by atoms with Gasteiger partial charge in [-0.2, -0.15) is 0 Å². The molecule has 2 rings (SSSR count). The maximum Gasteiger partial charge on any atom is 0.231 e. The quantitative estimate of drug-likeness (QED) is 0.890. The number of anilines is 1. The molecule has 1 amide bonds. The van der Waals surface area contributed by atoms with E-state index in [-0.39, 0.29) is 5.91 Å². The van der Waals surface area contributed by atoms with E-state index in [0.717, 1.165) is 31.2 Å². The second kappa shape index (κ2) is 5.93. The van der Waals surface area contributed by atoms with Gasteiger partial charge in [-0.05, 0) is 37.5 Å². The number of carbonyl (C=O) groups is 1. The minimum Gasteiger partial charge on any atom is -0.329 e. The molecule has 3 N–H and O–H groups in total. The van der Waals surface area contributed by atoms with Crippen molar-refractivity contribution in [3.63, 3.8) is 0 Å². The van der Waals surface area contributed by atoms with Crippen molar-refractivity contribution in [1.82, 2.24) is 0 Å². The highest BCUT2D eigenvalue weighted by molar-refractivity contribution is 6.33. The van der Waals surface area contributed by atoms with Crippen LogP contribution in [0.5, 0.6) is 0 Å². The lowest BCUT2D eigenvalue weighted by Crippen LogP contribution is -2.43. The molecule has 0 aliphatic heterocycles. The Labute approximate surface area is 119 Å². The number of aryl methyl sites for hydroxylation is 1. The van der Waals surface area contributed by atoms with Gasteiger partial charge in [0.1, 0.15) is 0 Å². The topological polar surface area (TPSA) is 55.1 Å². The molecule has 1 aliphatic rings. The monoisotopic (exact) mass is 280 g/mol. The molecule has 0 atom stereocenters. The summed E-state index contributed by atoms with van der Waals surface area (Å²) in [6, 6.07) is 5.63. The zero-order chi connectivity index (χ0) is 13.9. The number of hydrogen-bond acceptors (Lipinski definition) is 2. The van der Waals surface area contributed by atoms with E-state index in [1.807, 2.05) is 25.1 Å². The van der Waals surface area contributed by atoms with Crippen molar-refractivity contribution in [2.24, 2.45) is 11.1 Å². The summed E-state index contributed by atoms with van der Waals surface area (Å²) < 4.78 is 0. The molecule has 1 aromatic rings. The molecule has 104 valence electrons. The number of nitrogens with two attached hydrogens (primary N) is 1. The largest absolute Gasteiger partial charge is 0.329 e. The van der Waals surface area contributed by atoms with E-state index >= 15 is 0 Å². The fourth-order valence-electron chi connectivity index (χ4n) is 2.74. The molecular formula is C15H21ClN2O. The number of halogens is 1. The summed E-state index contributed by atoms with van der Waals surface area (Å²) in [7, 11) is 0. The third-order valence-electron chi connectivity index (χ3n) is 4.05. The van der Waals surface area contributed by atoms with Gasteiger partial charge < -0.3 is 11.1 Å². The van der Waals surface area contributed by atoms with Crippen LogP contribution in [-0.4, -0.2) is 12.5 Å². The fraction of sp³-hybridized carbons (Fsp3) is 0.533. The molecule has 0 radical (unpaired) electrons. The zero-order valence-corrected chi connectivity index (χ0v) is 12.1. The van der Waals surface area contributed by atoms with Gasteiger partial charge >= 0.3 is 0 Å². The third-order valence-corrected chi connectivity index (χ3v) is 4.38. The number of hydrogen-bond donors (Lipinski definition) is 2. The van der Waals surface area contributed by atoms with Crippen LogP contribution in [0.25, 0.3) is 0 Å². The van der Waals surface area contributed by atoms with Crippen LogP contribution in [0.15, 0.2) is 18.2 Å². The van der Waals surface area contributed by atoms with Crippen molar-refractivity contribution in [3.05, 3.63) is 28.8 Å². The van der Waals surface area contributed by atoms with Gasteiger partial charge in [0.2, 0.25) is 5.91 Å². The van der Waals surface area contributed by atoms with E-state index in [2.05, 4.69) is 5.32 Å². The lowest BCUT2D eigenvalue weighted by atomic mass is 9.73. The van der Waals surface area contributed by atoms with Crippen molar-refractivity contribution in [2.75, 3.05) is 11.9 Å². The molecule has 0 unspecified atom stereocenters. The summed E-state index contributed by atoms with van der Waals surface area (Å²) in [5, 5.41) is 3.53. The number of nitrogens with one attached hydrogen (secondary N) is 1. The first-order valence-corrected chi connectivity index (χ1v) is 7.23. The van der Waals surface area contributed by atoms with Gasteiger partial charge in [0.15, 0.2) is 0 Å². The Hall–Kier alpha value is -1.06. The lowest BCUT2D eigenvalue weighted by Gasteiger charge is -2.34. The molecule has 0 heterocycles. The number of benzene rings is 1. The third kappa shape index (κ3) is 3.10. The minimum absolute atomic E-state index is 0.0159. The predicted octanol–water partition coefficient (Wildman–Crippen LogP) is 3.50. The summed E-state index contributed by atoms with van der Waals surface area (Å²) >= 11 is 6.12. The molecule has 0 bridgehead atoms. The predicted molar refractivity (Wildman–Crippen MR) is 79.4 cm³/mol. The summed E-state index contributed by atoms with van der Waals surface area (Å²) in [4.78, 5) is 12.5. The van der Waals surface area contributed by atoms with E-state index in [1.54, 1.807) is 0 Å². The molecule has 0 saturated heterocycles. The van der Waals surface area contributed by atoms with Gasteiger partial charge in [0, 0.05) is 6.54 Å². The van der Waals surface area contributed by atoms with Crippen LogP contribution in [0.2, 0.25) is 5.02 Å². The molecule has 3 nitrogen and oxygen atoms in total. The lowest BCUT2D eigenvalue weighted by molar-refractivity contribution is -0.126. The molecule has 0 spiro atoms. The molecule has 4 heteroatoms. The molecule has 0 aromatic heterocycles. The van der Waals surface area contributed by atoms with E-state index in [0.29, 0.717) is 17.3 Å². The summed E-state index contributed by atoms with van der Waals surface area (Å²) in [5.41, 5.74) is 7.22. The molecule has 19 heavy (non-hydrogen) atoms. The number of carbonyl (C=O) groups excluding carboxylic acids is 1.